The van der Waals surface area contributed by atoms with Gasteiger partial charge in [-0.25, -0.2) is 0 Å². The SMILES string of the molecule is CN(C(=O)C(c1cccc(C(F)(F)F)c1)[N+](=O)[O-])C1CCCCC1N1CCCC1. The van der Waals surface area contributed by atoms with Gasteiger partial charge in [-0.1, -0.05) is 25.0 Å². The number of carbonyl (C=O) groups excluding carboxylic acids is 1. The molecular weight excluding hydrogens is 387 g/mol. The third-order valence-electron chi connectivity index (χ3n) is 6.12. The Bertz CT molecular complexity index is 750. The molecule has 0 bridgehead atoms. The molecule has 1 heterocycles. The van der Waals surface area contributed by atoms with E-state index in [1.165, 1.54) is 11.0 Å². The molecule has 1 aliphatic heterocycles. The Hall–Kier alpha value is -2.16. The lowest BCUT2D eigenvalue weighted by Gasteiger charge is -2.42. The Morgan fingerprint density at radius 3 is 2.48 bits per heavy atom. The summed E-state index contributed by atoms with van der Waals surface area (Å²) >= 11 is 0. The number of nitrogens with zero attached hydrogens (tertiary/aromatic N) is 3. The van der Waals surface area contributed by atoms with Gasteiger partial charge >= 0.3 is 18.1 Å². The van der Waals surface area contributed by atoms with Crippen molar-refractivity contribution in [3.8, 4) is 0 Å². The van der Waals surface area contributed by atoms with Crippen molar-refractivity contribution >= 4 is 5.91 Å². The van der Waals surface area contributed by atoms with E-state index in [9.17, 15) is 28.1 Å². The van der Waals surface area contributed by atoms with E-state index in [-0.39, 0.29) is 17.6 Å². The minimum Gasteiger partial charge on any atom is -0.335 e. The molecular formula is C20H26F3N3O3. The van der Waals surface area contributed by atoms with Crippen molar-refractivity contribution < 1.29 is 22.9 Å². The molecule has 2 fully saturated rings. The van der Waals surface area contributed by atoms with Crippen LogP contribution in [0.25, 0.3) is 0 Å². The summed E-state index contributed by atoms with van der Waals surface area (Å²) in [5.41, 5.74) is -1.24. The summed E-state index contributed by atoms with van der Waals surface area (Å²) in [6.07, 6.45) is 1.22. The lowest BCUT2D eigenvalue weighted by Crippen LogP contribution is -2.54. The normalized spacial score (nSPS) is 24.3. The number of likely N-dealkylation sites (N-methyl/N-ethyl adjacent to an activating group) is 1. The molecule has 0 radical (unpaired) electrons. The van der Waals surface area contributed by atoms with Crippen molar-refractivity contribution in [1.29, 1.82) is 0 Å². The molecule has 29 heavy (non-hydrogen) atoms. The van der Waals surface area contributed by atoms with Gasteiger partial charge in [0.25, 0.3) is 0 Å². The Labute approximate surface area is 167 Å². The average molecular weight is 413 g/mol. The maximum Gasteiger partial charge on any atom is 0.416 e. The standard InChI is InChI=1S/C20H26F3N3O3/c1-24(16-9-2-3-10-17(16)25-11-4-5-12-25)19(27)18(26(28)29)14-7-6-8-15(13-14)20(21,22)23/h6-8,13,16-18H,2-5,9-12H2,1H3. The predicted octanol–water partition coefficient (Wildman–Crippen LogP) is 3.89. The molecule has 1 saturated carbocycles. The Morgan fingerprint density at radius 1 is 1.21 bits per heavy atom. The van der Waals surface area contributed by atoms with Gasteiger partial charge in [0.05, 0.1) is 5.56 Å². The predicted molar refractivity (Wildman–Crippen MR) is 101 cm³/mol. The van der Waals surface area contributed by atoms with Crippen LogP contribution in [0.2, 0.25) is 0 Å². The highest BCUT2D eigenvalue weighted by Crippen LogP contribution is 2.33. The monoisotopic (exact) mass is 413 g/mol. The molecule has 0 spiro atoms. The molecule has 1 saturated heterocycles. The van der Waals surface area contributed by atoms with Crippen LogP contribution in [-0.4, -0.2) is 52.9 Å². The maximum atomic E-state index is 13.1. The van der Waals surface area contributed by atoms with Crippen molar-refractivity contribution in [2.45, 2.75) is 62.8 Å². The van der Waals surface area contributed by atoms with Crippen LogP contribution in [0.4, 0.5) is 13.2 Å². The number of alkyl halides is 3. The van der Waals surface area contributed by atoms with Crippen LogP contribution in [0.15, 0.2) is 24.3 Å². The summed E-state index contributed by atoms with van der Waals surface area (Å²) in [6.45, 7) is 1.91. The summed E-state index contributed by atoms with van der Waals surface area (Å²) in [7, 11) is 1.55. The second-order valence-corrected chi connectivity index (χ2v) is 7.92. The topological polar surface area (TPSA) is 66.7 Å². The van der Waals surface area contributed by atoms with E-state index in [1.54, 1.807) is 7.05 Å². The summed E-state index contributed by atoms with van der Waals surface area (Å²) < 4.78 is 39.1. The minimum atomic E-state index is -4.63. The fraction of sp³-hybridized carbons (Fsp3) is 0.650. The number of hydrogen-bond acceptors (Lipinski definition) is 4. The second kappa shape index (κ2) is 8.69. The fourth-order valence-electron chi connectivity index (χ4n) is 4.64. The second-order valence-electron chi connectivity index (χ2n) is 7.92. The summed E-state index contributed by atoms with van der Waals surface area (Å²) in [6, 6.07) is 2.01. The number of hydrogen-bond donors (Lipinski definition) is 0. The van der Waals surface area contributed by atoms with Gasteiger partial charge in [-0.2, -0.15) is 13.2 Å². The van der Waals surface area contributed by atoms with Crippen LogP contribution in [0.1, 0.15) is 55.7 Å². The molecule has 6 nitrogen and oxygen atoms in total. The third kappa shape index (κ3) is 4.71. The number of likely N-dealkylation sites (tertiary alicyclic amines) is 1. The zero-order valence-electron chi connectivity index (χ0n) is 16.4. The number of benzene rings is 1. The molecule has 1 aromatic carbocycles. The molecule has 2 aliphatic rings. The quantitative estimate of drug-likeness (QED) is 0.543. The van der Waals surface area contributed by atoms with Crippen LogP contribution in [0.3, 0.4) is 0 Å². The van der Waals surface area contributed by atoms with E-state index in [2.05, 4.69) is 4.90 Å². The minimum absolute atomic E-state index is 0.147. The lowest BCUT2D eigenvalue weighted by molar-refractivity contribution is -0.515. The van der Waals surface area contributed by atoms with Gasteiger partial charge in [-0.05, 0) is 50.9 Å². The van der Waals surface area contributed by atoms with Gasteiger partial charge in [0, 0.05) is 29.6 Å². The van der Waals surface area contributed by atoms with Gasteiger partial charge in [-0.3, -0.25) is 19.8 Å². The van der Waals surface area contributed by atoms with E-state index >= 15 is 0 Å². The molecule has 1 aromatic rings. The highest BCUT2D eigenvalue weighted by Gasteiger charge is 2.42. The third-order valence-corrected chi connectivity index (χ3v) is 6.12. The van der Waals surface area contributed by atoms with E-state index in [1.807, 2.05) is 0 Å². The van der Waals surface area contributed by atoms with Crippen LogP contribution in [0.5, 0.6) is 0 Å². The number of halogens is 3. The number of nitro groups is 1. The average Bonchev–Trinajstić information content (AvgIpc) is 3.21. The number of amides is 1. The fourth-order valence-corrected chi connectivity index (χ4v) is 4.64. The first-order chi connectivity index (χ1) is 13.7. The molecule has 1 amide bonds. The zero-order chi connectivity index (χ0) is 21.2. The molecule has 3 atom stereocenters. The van der Waals surface area contributed by atoms with E-state index in [0.717, 1.165) is 63.7 Å². The van der Waals surface area contributed by atoms with E-state index in [4.69, 9.17) is 0 Å². The van der Waals surface area contributed by atoms with E-state index in [0.29, 0.717) is 6.07 Å². The van der Waals surface area contributed by atoms with Gasteiger partial charge in [0.15, 0.2) is 0 Å². The molecule has 0 N–H and O–H groups in total. The molecule has 3 rings (SSSR count). The summed E-state index contributed by atoms with van der Waals surface area (Å²) in [4.78, 5) is 27.8. The summed E-state index contributed by atoms with van der Waals surface area (Å²) in [5.74, 6) is -0.759. The summed E-state index contributed by atoms with van der Waals surface area (Å²) in [5, 5.41) is 11.7. The number of rotatable bonds is 5. The highest BCUT2D eigenvalue weighted by atomic mass is 19.4. The zero-order valence-corrected chi connectivity index (χ0v) is 16.4. The van der Waals surface area contributed by atoms with Crippen LogP contribution >= 0.6 is 0 Å². The van der Waals surface area contributed by atoms with Crippen molar-refractivity contribution in [2.75, 3.05) is 20.1 Å². The highest BCUT2D eigenvalue weighted by molar-refractivity contribution is 5.82. The van der Waals surface area contributed by atoms with Crippen LogP contribution < -0.4 is 0 Å². The number of carbonyl (C=O) groups is 1. The van der Waals surface area contributed by atoms with E-state index < -0.39 is 28.6 Å². The Balaban J connectivity index is 1.85. The van der Waals surface area contributed by atoms with Crippen molar-refractivity contribution in [3.05, 3.63) is 45.5 Å². The Kier molecular flexibility index (Phi) is 6.45. The molecule has 1 aliphatic carbocycles. The molecule has 9 heteroatoms. The molecule has 0 aromatic heterocycles. The van der Waals surface area contributed by atoms with Gasteiger partial charge < -0.3 is 4.90 Å². The maximum absolute atomic E-state index is 13.1. The first-order valence-corrected chi connectivity index (χ1v) is 10.0. The van der Waals surface area contributed by atoms with Gasteiger partial charge in [0.2, 0.25) is 0 Å². The van der Waals surface area contributed by atoms with Gasteiger partial charge in [0.1, 0.15) is 0 Å². The molecule has 160 valence electrons. The smallest absolute Gasteiger partial charge is 0.335 e. The first kappa shape index (κ1) is 21.5. The van der Waals surface area contributed by atoms with Crippen molar-refractivity contribution in [2.24, 2.45) is 0 Å². The van der Waals surface area contributed by atoms with Gasteiger partial charge in [-0.15, -0.1) is 0 Å². The van der Waals surface area contributed by atoms with Crippen molar-refractivity contribution in [3.63, 3.8) is 0 Å². The lowest BCUT2D eigenvalue weighted by atomic mass is 9.87. The van der Waals surface area contributed by atoms with Crippen molar-refractivity contribution in [1.82, 2.24) is 9.80 Å². The Morgan fingerprint density at radius 2 is 1.86 bits per heavy atom. The first-order valence-electron chi connectivity index (χ1n) is 10.0. The largest absolute Gasteiger partial charge is 0.416 e. The van der Waals surface area contributed by atoms with Crippen LogP contribution in [0, 0.1) is 10.1 Å². The van der Waals surface area contributed by atoms with Crippen LogP contribution in [-0.2, 0) is 11.0 Å². The molecule has 3 unspecified atom stereocenters.